The molecule has 0 bridgehead atoms. The van der Waals surface area contributed by atoms with E-state index in [0.29, 0.717) is 18.7 Å². The van der Waals surface area contributed by atoms with E-state index in [0.717, 1.165) is 66.7 Å². The minimum atomic E-state index is -2.60. The molecule has 1 atom stereocenters. The van der Waals surface area contributed by atoms with Crippen LogP contribution in [0.4, 0.5) is 8.78 Å². The number of nitrogens with zero attached hydrogens (tertiary/aromatic N) is 3. The lowest BCUT2D eigenvalue weighted by molar-refractivity contribution is -0.129. The number of aryl methyl sites for hydroxylation is 1. The first-order valence-corrected chi connectivity index (χ1v) is 14.4. The number of fused-ring (bicyclic) bond motifs is 1. The van der Waals surface area contributed by atoms with Crippen molar-refractivity contribution in [2.75, 3.05) is 39.8 Å². The highest BCUT2D eigenvalue weighted by Gasteiger charge is 2.49. The Balaban J connectivity index is 1.20. The van der Waals surface area contributed by atoms with Crippen molar-refractivity contribution in [3.8, 4) is 11.8 Å². The van der Waals surface area contributed by atoms with Gasteiger partial charge in [0.05, 0.1) is 26.3 Å². The average Bonchev–Trinajstić information content (AvgIpc) is 3.43. The van der Waals surface area contributed by atoms with E-state index in [9.17, 15) is 18.8 Å². The van der Waals surface area contributed by atoms with Crippen LogP contribution in [0.2, 0.25) is 0 Å². The molecule has 9 heteroatoms. The minimum absolute atomic E-state index is 0.146. The molecule has 7 nitrogen and oxygen atoms in total. The van der Waals surface area contributed by atoms with E-state index < -0.39 is 5.92 Å². The zero-order valence-corrected chi connectivity index (χ0v) is 23.7. The lowest BCUT2D eigenvalue weighted by Gasteiger charge is -2.53. The van der Waals surface area contributed by atoms with E-state index in [1.807, 2.05) is 30.5 Å². The monoisotopic (exact) mass is 561 g/mol. The van der Waals surface area contributed by atoms with Crippen molar-refractivity contribution in [2.45, 2.75) is 51.1 Å². The normalized spacial score (nSPS) is 25.8. The molecular formula is C32H37F2N5O2. The quantitative estimate of drug-likeness (QED) is 0.384. The van der Waals surface area contributed by atoms with Gasteiger partial charge in [0.25, 0.3) is 11.8 Å². The summed E-state index contributed by atoms with van der Waals surface area (Å²) in [6.07, 6.45) is 5.92. The first-order chi connectivity index (χ1) is 19.7. The molecule has 216 valence electrons. The SMILES string of the molecule is COc1cc(C)c2[nH]ccc2c1CN1CCC2(CC(C#N)C2)CC1c1ccc(C(=O)NCCN2CC(F)(F)C2)cc1. The number of nitrogens with one attached hydrogen (secondary N) is 2. The van der Waals surface area contributed by atoms with Gasteiger partial charge >= 0.3 is 0 Å². The number of alkyl halides is 2. The van der Waals surface area contributed by atoms with Crippen LogP contribution in [-0.4, -0.2) is 66.4 Å². The van der Waals surface area contributed by atoms with Crippen LogP contribution in [0.5, 0.6) is 5.75 Å². The van der Waals surface area contributed by atoms with Crippen molar-refractivity contribution in [2.24, 2.45) is 11.3 Å². The summed E-state index contributed by atoms with van der Waals surface area (Å²) in [5.74, 6) is -1.77. The Morgan fingerprint density at radius 1 is 1.20 bits per heavy atom. The maximum Gasteiger partial charge on any atom is 0.272 e. The molecule has 0 radical (unpaired) electrons. The number of rotatable bonds is 8. The Bertz CT molecular complexity index is 1460. The van der Waals surface area contributed by atoms with Crippen LogP contribution in [0.15, 0.2) is 42.6 Å². The van der Waals surface area contributed by atoms with Gasteiger partial charge in [0.15, 0.2) is 0 Å². The molecule has 1 aliphatic carbocycles. The molecular weight excluding hydrogens is 524 g/mol. The number of hydrogen-bond acceptors (Lipinski definition) is 5. The summed E-state index contributed by atoms with van der Waals surface area (Å²) in [5.41, 5.74) is 5.33. The summed E-state index contributed by atoms with van der Waals surface area (Å²) in [6.45, 7) is 4.01. The predicted octanol–water partition coefficient (Wildman–Crippen LogP) is 5.42. The van der Waals surface area contributed by atoms with Gasteiger partial charge in [-0.25, -0.2) is 8.78 Å². The first-order valence-electron chi connectivity index (χ1n) is 14.4. The fourth-order valence-corrected chi connectivity index (χ4v) is 7.18. The number of hydrogen-bond donors (Lipinski definition) is 2. The number of amides is 1. The number of ether oxygens (including phenoxy) is 1. The van der Waals surface area contributed by atoms with Gasteiger partial charge in [-0.3, -0.25) is 14.6 Å². The molecule has 2 aromatic carbocycles. The van der Waals surface area contributed by atoms with Gasteiger partial charge in [-0.05, 0) is 80.0 Å². The molecule has 2 N–H and O–H groups in total. The third-order valence-corrected chi connectivity index (χ3v) is 9.41. The number of aromatic nitrogens is 1. The Labute approximate surface area is 239 Å². The van der Waals surface area contributed by atoms with Gasteiger partial charge in [0, 0.05) is 59.8 Å². The van der Waals surface area contributed by atoms with Gasteiger partial charge in [-0.1, -0.05) is 12.1 Å². The number of benzene rings is 2. The summed E-state index contributed by atoms with van der Waals surface area (Å²) in [4.78, 5) is 20.3. The van der Waals surface area contributed by atoms with Crippen LogP contribution in [0.3, 0.4) is 0 Å². The maximum atomic E-state index is 13.0. The lowest BCUT2D eigenvalue weighted by Crippen LogP contribution is -2.57. The van der Waals surface area contributed by atoms with E-state index in [4.69, 9.17) is 4.74 Å². The number of piperidine rings is 1. The molecule has 3 heterocycles. The van der Waals surface area contributed by atoms with E-state index in [2.05, 4.69) is 40.3 Å². The Morgan fingerprint density at radius 2 is 1.95 bits per heavy atom. The maximum absolute atomic E-state index is 13.0. The van der Waals surface area contributed by atoms with Crippen molar-refractivity contribution < 1.29 is 18.3 Å². The molecule has 2 aliphatic heterocycles. The van der Waals surface area contributed by atoms with E-state index >= 15 is 0 Å². The third-order valence-electron chi connectivity index (χ3n) is 9.41. The highest BCUT2D eigenvalue weighted by atomic mass is 19.3. The third kappa shape index (κ3) is 5.43. The topological polar surface area (TPSA) is 84.4 Å². The van der Waals surface area contributed by atoms with Gasteiger partial charge in [0.2, 0.25) is 0 Å². The average molecular weight is 562 g/mol. The number of nitriles is 1. The van der Waals surface area contributed by atoms with Gasteiger partial charge in [-0.15, -0.1) is 0 Å². The van der Waals surface area contributed by atoms with Gasteiger partial charge in [-0.2, -0.15) is 5.26 Å². The largest absolute Gasteiger partial charge is 0.496 e. The Morgan fingerprint density at radius 3 is 2.63 bits per heavy atom. The zero-order chi connectivity index (χ0) is 28.8. The summed E-state index contributed by atoms with van der Waals surface area (Å²) in [6, 6.07) is 14.6. The van der Waals surface area contributed by atoms with Crippen LogP contribution in [-0.2, 0) is 6.54 Å². The molecule has 6 rings (SSSR count). The Hall–Kier alpha value is -3.48. The number of methoxy groups -OCH3 is 1. The van der Waals surface area contributed by atoms with Crippen molar-refractivity contribution in [3.63, 3.8) is 0 Å². The van der Waals surface area contributed by atoms with Crippen molar-refractivity contribution in [1.82, 2.24) is 20.1 Å². The summed E-state index contributed by atoms with van der Waals surface area (Å²) >= 11 is 0. The molecule has 3 aliphatic rings. The molecule has 3 aromatic rings. The van der Waals surface area contributed by atoms with Gasteiger partial charge < -0.3 is 15.0 Å². The predicted molar refractivity (Wildman–Crippen MR) is 153 cm³/mol. The summed E-state index contributed by atoms with van der Waals surface area (Å²) in [5, 5.41) is 13.5. The number of aromatic amines is 1. The molecule has 1 unspecified atom stereocenters. The van der Waals surface area contributed by atoms with E-state index in [1.54, 1.807) is 12.0 Å². The fourth-order valence-electron chi connectivity index (χ4n) is 7.18. The van der Waals surface area contributed by atoms with Crippen LogP contribution < -0.4 is 10.1 Å². The number of carbonyl (C=O) groups is 1. The standard InChI is InChI=1S/C32H37F2N5O2/c1-21-13-28(41-2)26(25-7-9-36-29(21)25)18-39-11-8-31(14-22(15-31)17-35)16-27(39)23-3-5-24(6-4-23)30(40)37-10-12-38-19-32(33,34)20-38/h3-7,9,13,22,27,36H,8,10-12,14-16,18-20H2,1-2H3,(H,37,40). The number of likely N-dealkylation sites (tertiary alicyclic amines) is 2. The molecule has 1 amide bonds. The fraction of sp³-hybridized carbons (Fsp3) is 0.500. The van der Waals surface area contributed by atoms with Crippen molar-refractivity contribution in [1.29, 1.82) is 5.26 Å². The molecule has 1 spiro atoms. The van der Waals surface area contributed by atoms with Crippen LogP contribution >= 0.6 is 0 Å². The zero-order valence-electron chi connectivity index (χ0n) is 23.7. The Kier molecular flexibility index (Phi) is 7.25. The number of carbonyl (C=O) groups excluding carboxylic acids is 1. The second kappa shape index (κ2) is 10.7. The van der Waals surface area contributed by atoms with Gasteiger partial charge in [0.1, 0.15) is 5.75 Å². The van der Waals surface area contributed by atoms with E-state index in [-0.39, 0.29) is 36.4 Å². The first kappa shape index (κ1) is 27.7. The van der Waals surface area contributed by atoms with E-state index in [1.165, 1.54) is 5.39 Å². The highest BCUT2D eigenvalue weighted by Crippen LogP contribution is 2.56. The smallest absolute Gasteiger partial charge is 0.272 e. The van der Waals surface area contributed by atoms with Crippen LogP contribution in [0.1, 0.15) is 58.8 Å². The number of halogens is 2. The second-order valence-electron chi connectivity index (χ2n) is 12.3. The molecule has 41 heavy (non-hydrogen) atoms. The van der Waals surface area contributed by atoms with Crippen LogP contribution in [0.25, 0.3) is 10.9 Å². The van der Waals surface area contributed by atoms with Crippen molar-refractivity contribution in [3.05, 3.63) is 64.8 Å². The highest BCUT2D eigenvalue weighted by molar-refractivity contribution is 5.94. The molecule has 1 aromatic heterocycles. The minimum Gasteiger partial charge on any atom is -0.496 e. The van der Waals surface area contributed by atoms with Crippen LogP contribution in [0, 0.1) is 29.6 Å². The summed E-state index contributed by atoms with van der Waals surface area (Å²) < 4.78 is 31.9. The second-order valence-corrected chi connectivity index (χ2v) is 12.3. The van der Waals surface area contributed by atoms with Crippen molar-refractivity contribution >= 4 is 16.8 Å². The molecule has 3 fully saturated rings. The molecule has 1 saturated carbocycles. The molecule has 2 saturated heterocycles. The summed E-state index contributed by atoms with van der Waals surface area (Å²) in [7, 11) is 1.72. The number of H-pyrrole nitrogens is 1. The lowest BCUT2D eigenvalue weighted by atomic mass is 9.56.